The lowest BCUT2D eigenvalue weighted by Gasteiger charge is -2.30. The maximum atomic E-state index is 9.47. The van der Waals surface area contributed by atoms with Crippen LogP contribution in [0.15, 0.2) is 0 Å². The van der Waals surface area contributed by atoms with Crippen molar-refractivity contribution >= 4 is 0 Å². The number of aliphatic hydroxyl groups excluding tert-OH is 5. The zero-order valence-corrected chi connectivity index (χ0v) is 18.4. The fourth-order valence-corrected chi connectivity index (χ4v) is 2.83. The first-order valence-corrected chi connectivity index (χ1v) is 10.2. The Morgan fingerprint density at radius 1 is 0.607 bits per heavy atom. The van der Waals surface area contributed by atoms with Crippen LogP contribution in [0.1, 0.15) is 41.0 Å². The molecule has 9 N–H and O–H groups in total. The molecule has 0 aromatic rings. The van der Waals surface area contributed by atoms with Gasteiger partial charge in [-0.2, -0.15) is 0 Å². The molecule has 172 valence electrons. The molecule has 6 unspecified atom stereocenters. The summed E-state index contributed by atoms with van der Waals surface area (Å²) in [6.45, 7) is 12.4. The zero-order valence-electron chi connectivity index (χ0n) is 18.4. The second-order valence-electron chi connectivity index (χ2n) is 8.00. The molecule has 0 aliphatic carbocycles. The Kier molecular flexibility index (Phi) is 18.6. The number of hydrogen-bond donors (Lipinski definition) is 7. The number of nitrogens with zero attached hydrogens (tertiary/aromatic N) is 2. The smallest absolute Gasteiger partial charge is 0.0639 e. The molecule has 0 rings (SSSR count). The minimum absolute atomic E-state index is 0.0463. The summed E-state index contributed by atoms with van der Waals surface area (Å²) >= 11 is 0. The van der Waals surface area contributed by atoms with E-state index in [0.717, 1.165) is 0 Å². The minimum atomic E-state index is -0.448. The molecule has 0 radical (unpaired) electrons. The van der Waals surface area contributed by atoms with Crippen LogP contribution in [0, 0.1) is 0 Å². The third-order valence-electron chi connectivity index (χ3n) is 3.77. The van der Waals surface area contributed by atoms with Gasteiger partial charge in [-0.1, -0.05) is 0 Å². The van der Waals surface area contributed by atoms with Gasteiger partial charge in [0.1, 0.15) is 0 Å². The van der Waals surface area contributed by atoms with Crippen molar-refractivity contribution in [2.45, 2.75) is 77.6 Å². The van der Waals surface area contributed by atoms with Gasteiger partial charge in [0.2, 0.25) is 0 Å². The van der Waals surface area contributed by atoms with Gasteiger partial charge in [0, 0.05) is 51.9 Å². The van der Waals surface area contributed by atoms with Gasteiger partial charge in [0.05, 0.1) is 30.5 Å². The Labute approximate surface area is 170 Å². The minimum Gasteiger partial charge on any atom is -0.393 e. The Morgan fingerprint density at radius 3 is 1.04 bits per heavy atom. The first-order chi connectivity index (χ1) is 12.9. The summed E-state index contributed by atoms with van der Waals surface area (Å²) < 4.78 is 0. The van der Waals surface area contributed by atoms with Gasteiger partial charge in [-0.05, 0) is 41.0 Å². The lowest BCUT2D eigenvalue weighted by molar-refractivity contribution is 0.0542. The van der Waals surface area contributed by atoms with Crippen molar-refractivity contribution in [3.8, 4) is 0 Å². The van der Waals surface area contributed by atoms with Gasteiger partial charge in [0.15, 0.2) is 0 Å². The molecule has 0 aromatic heterocycles. The monoisotopic (exact) mass is 410 g/mol. The highest BCUT2D eigenvalue weighted by Crippen LogP contribution is 2.00. The quantitative estimate of drug-likeness (QED) is 0.174. The van der Waals surface area contributed by atoms with E-state index in [0.29, 0.717) is 52.2 Å². The third kappa shape index (κ3) is 21.9. The van der Waals surface area contributed by atoms with Gasteiger partial charge in [-0.15, -0.1) is 0 Å². The predicted molar refractivity (Wildman–Crippen MR) is 113 cm³/mol. The van der Waals surface area contributed by atoms with E-state index in [1.54, 1.807) is 34.6 Å². The van der Waals surface area contributed by atoms with Crippen molar-refractivity contribution < 1.29 is 25.5 Å². The molecule has 0 aliphatic rings. The molecular weight excluding hydrogens is 364 g/mol. The van der Waals surface area contributed by atoms with Crippen molar-refractivity contribution in [3.63, 3.8) is 0 Å². The van der Waals surface area contributed by atoms with E-state index in [9.17, 15) is 20.4 Å². The normalized spacial score (nSPS) is 18.2. The summed E-state index contributed by atoms with van der Waals surface area (Å²) in [4.78, 5) is 3.98. The summed E-state index contributed by atoms with van der Waals surface area (Å²) in [5, 5.41) is 46.6. The Morgan fingerprint density at radius 2 is 0.893 bits per heavy atom. The molecule has 0 heterocycles. The van der Waals surface area contributed by atoms with Crippen LogP contribution in [0.3, 0.4) is 0 Å². The van der Waals surface area contributed by atoms with Crippen LogP contribution in [0.25, 0.3) is 0 Å². The van der Waals surface area contributed by atoms with Crippen LogP contribution in [0.2, 0.25) is 0 Å². The molecule has 9 nitrogen and oxygen atoms in total. The van der Waals surface area contributed by atoms with Crippen LogP contribution in [-0.2, 0) is 0 Å². The molecule has 0 saturated carbocycles. The van der Waals surface area contributed by atoms with E-state index in [1.165, 1.54) is 0 Å². The van der Waals surface area contributed by atoms with Gasteiger partial charge in [-0.3, -0.25) is 9.80 Å². The molecule has 0 aliphatic heterocycles. The van der Waals surface area contributed by atoms with Gasteiger partial charge in [-0.25, -0.2) is 0 Å². The molecule has 6 atom stereocenters. The molecule has 9 heteroatoms. The Hall–Kier alpha value is -0.360. The number of aliphatic hydroxyl groups is 5. The molecule has 0 amide bonds. The van der Waals surface area contributed by atoms with Gasteiger partial charge < -0.3 is 37.0 Å². The summed E-state index contributed by atoms with van der Waals surface area (Å²) in [7, 11) is 0. The SMILES string of the molecule is CC(O)CC(N)CN.CC(O)CN(CCN(CC(C)O)CC(C)O)CC(C)O. The maximum Gasteiger partial charge on any atom is 0.0639 e. The van der Waals surface area contributed by atoms with Gasteiger partial charge in [0.25, 0.3) is 0 Å². The first-order valence-electron chi connectivity index (χ1n) is 10.2. The van der Waals surface area contributed by atoms with E-state index in [4.69, 9.17) is 16.6 Å². The topological polar surface area (TPSA) is 160 Å². The summed E-state index contributed by atoms with van der Waals surface area (Å²) in [6.07, 6.45) is -1.53. The van der Waals surface area contributed by atoms with Crippen LogP contribution in [0.5, 0.6) is 0 Å². The molecule has 0 bridgehead atoms. The molecular formula is C19H46N4O5. The molecule has 0 saturated heterocycles. The highest BCUT2D eigenvalue weighted by atomic mass is 16.3. The zero-order chi connectivity index (χ0) is 22.3. The average molecular weight is 411 g/mol. The number of rotatable bonds is 14. The second-order valence-corrected chi connectivity index (χ2v) is 8.00. The van der Waals surface area contributed by atoms with Crippen LogP contribution >= 0.6 is 0 Å². The molecule has 28 heavy (non-hydrogen) atoms. The largest absolute Gasteiger partial charge is 0.393 e. The fraction of sp³-hybridized carbons (Fsp3) is 1.00. The lowest BCUT2D eigenvalue weighted by atomic mass is 10.1. The van der Waals surface area contributed by atoms with Crippen molar-refractivity contribution in [2.75, 3.05) is 45.8 Å². The van der Waals surface area contributed by atoms with E-state index >= 15 is 0 Å². The van der Waals surface area contributed by atoms with Crippen LogP contribution < -0.4 is 11.5 Å². The van der Waals surface area contributed by atoms with Crippen molar-refractivity contribution in [1.29, 1.82) is 0 Å². The van der Waals surface area contributed by atoms with Crippen molar-refractivity contribution in [1.82, 2.24) is 9.80 Å². The number of hydrogen-bond acceptors (Lipinski definition) is 9. The maximum absolute atomic E-state index is 9.47. The lowest BCUT2D eigenvalue weighted by Crippen LogP contribution is -2.44. The second kappa shape index (κ2) is 17.5. The van der Waals surface area contributed by atoms with Crippen molar-refractivity contribution in [3.05, 3.63) is 0 Å². The molecule has 0 fully saturated rings. The van der Waals surface area contributed by atoms with E-state index in [2.05, 4.69) is 0 Å². The summed E-state index contributed by atoms with van der Waals surface area (Å²) in [5.74, 6) is 0. The standard InChI is InChI=1S/C14H32N2O4.C5H14N2O/c1-11(17)7-15(8-12(2)18)5-6-16(9-13(3)19)10-14(4)20;1-4(8)2-5(7)3-6/h11-14,17-20H,5-10H2,1-4H3;4-5,8H,2-3,6-7H2,1H3. The van der Waals surface area contributed by atoms with Crippen LogP contribution in [-0.4, -0.2) is 118 Å². The average Bonchev–Trinajstić information content (AvgIpc) is 2.50. The first kappa shape index (κ1) is 29.8. The predicted octanol–water partition coefficient (Wildman–Crippen LogP) is -1.84. The fourth-order valence-electron chi connectivity index (χ4n) is 2.83. The van der Waals surface area contributed by atoms with Crippen molar-refractivity contribution in [2.24, 2.45) is 11.5 Å². The van der Waals surface area contributed by atoms with E-state index < -0.39 is 24.4 Å². The summed E-state index contributed by atoms with van der Waals surface area (Å²) in [6, 6.07) is -0.0463. The molecule has 0 aromatic carbocycles. The van der Waals surface area contributed by atoms with E-state index in [1.807, 2.05) is 9.80 Å². The number of nitrogens with two attached hydrogens (primary N) is 2. The molecule has 0 spiro atoms. The van der Waals surface area contributed by atoms with Gasteiger partial charge >= 0.3 is 0 Å². The Balaban J connectivity index is 0. The van der Waals surface area contributed by atoms with Crippen LogP contribution in [0.4, 0.5) is 0 Å². The third-order valence-corrected chi connectivity index (χ3v) is 3.77. The van der Waals surface area contributed by atoms with E-state index in [-0.39, 0.29) is 12.1 Å². The Bertz CT molecular complexity index is 300. The summed E-state index contributed by atoms with van der Waals surface area (Å²) in [5.41, 5.74) is 10.6. The highest BCUT2D eigenvalue weighted by molar-refractivity contribution is 4.70. The highest BCUT2D eigenvalue weighted by Gasteiger charge is 2.15.